The topological polar surface area (TPSA) is 66.2 Å². The molecule has 156 valence electrons. The van der Waals surface area contributed by atoms with Gasteiger partial charge in [0.1, 0.15) is 5.82 Å². The lowest BCUT2D eigenvalue weighted by Gasteiger charge is -2.28. The van der Waals surface area contributed by atoms with Gasteiger partial charge in [-0.1, -0.05) is 6.07 Å². The molecular weight excluding hydrogens is 394 g/mol. The number of nitrogens with one attached hydrogen (secondary N) is 1. The lowest BCUT2D eigenvalue weighted by Crippen LogP contribution is -2.31. The van der Waals surface area contributed by atoms with Gasteiger partial charge < -0.3 is 19.9 Å². The van der Waals surface area contributed by atoms with E-state index >= 15 is 0 Å². The maximum absolute atomic E-state index is 9.42. The molecule has 3 aromatic rings. The monoisotopic (exact) mass is 421 g/mol. The SMILES string of the molecule is Cc1ccnc(-n2c(C)cc([C@H]3[C@H](c4ccccn4)NC(=S)N3CCCO)c2C)c1. The molecule has 2 N–H and O–H groups in total. The average molecular weight is 422 g/mol. The predicted molar refractivity (Wildman–Crippen MR) is 122 cm³/mol. The van der Waals surface area contributed by atoms with Crippen LogP contribution in [0.25, 0.3) is 5.82 Å². The van der Waals surface area contributed by atoms with Gasteiger partial charge in [-0.3, -0.25) is 4.98 Å². The average Bonchev–Trinajstić information content (AvgIpc) is 3.22. The van der Waals surface area contributed by atoms with Crippen LogP contribution in [0.3, 0.4) is 0 Å². The second kappa shape index (κ2) is 8.53. The van der Waals surface area contributed by atoms with Crippen molar-refractivity contribution in [3.63, 3.8) is 0 Å². The van der Waals surface area contributed by atoms with Gasteiger partial charge in [0.15, 0.2) is 5.11 Å². The van der Waals surface area contributed by atoms with Gasteiger partial charge in [-0.15, -0.1) is 0 Å². The number of hydrogen-bond donors (Lipinski definition) is 2. The Morgan fingerprint density at radius 1 is 1.10 bits per heavy atom. The smallest absolute Gasteiger partial charge is 0.170 e. The highest BCUT2D eigenvalue weighted by atomic mass is 32.1. The summed E-state index contributed by atoms with van der Waals surface area (Å²) in [5.74, 6) is 0.918. The number of aryl methyl sites for hydroxylation is 2. The molecular formula is C23H27N5OS. The van der Waals surface area contributed by atoms with Gasteiger partial charge in [0.05, 0.1) is 17.8 Å². The lowest BCUT2D eigenvalue weighted by atomic mass is 9.96. The maximum Gasteiger partial charge on any atom is 0.170 e. The van der Waals surface area contributed by atoms with Gasteiger partial charge in [-0.05, 0) is 80.9 Å². The molecule has 0 unspecified atom stereocenters. The summed E-state index contributed by atoms with van der Waals surface area (Å²) in [5.41, 5.74) is 5.58. The molecule has 4 heterocycles. The van der Waals surface area contributed by atoms with Crippen molar-refractivity contribution < 1.29 is 5.11 Å². The van der Waals surface area contributed by atoms with Gasteiger partial charge in [0.2, 0.25) is 0 Å². The Bertz CT molecular complexity index is 1050. The molecule has 1 fully saturated rings. The Morgan fingerprint density at radius 2 is 1.93 bits per heavy atom. The van der Waals surface area contributed by atoms with E-state index < -0.39 is 0 Å². The standard InChI is InChI=1S/C23H27N5OS/c1-15-8-10-25-20(13-15)28-16(2)14-18(17(28)3)22-21(19-7-4-5-9-24-19)26-23(30)27(22)11-6-12-29/h4-5,7-10,13-14,21-22,29H,6,11-12H2,1-3H3,(H,26,30)/t21-,22-/m0/s1. The number of hydrogen-bond acceptors (Lipinski definition) is 4. The van der Waals surface area contributed by atoms with Crippen LogP contribution in [0, 0.1) is 20.8 Å². The quantitative estimate of drug-likeness (QED) is 0.594. The summed E-state index contributed by atoms with van der Waals surface area (Å²) in [7, 11) is 0. The van der Waals surface area contributed by atoms with Gasteiger partial charge in [0.25, 0.3) is 0 Å². The third-order valence-electron chi connectivity index (χ3n) is 5.67. The minimum absolute atomic E-state index is 0.0105. The van der Waals surface area contributed by atoms with E-state index in [0.29, 0.717) is 18.1 Å². The second-order valence-corrected chi connectivity index (χ2v) is 8.14. The van der Waals surface area contributed by atoms with Crippen molar-refractivity contribution >= 4 is 17.3 Å². The van der Waals surface area contributed by atoms with Crippen molar-refractivity contribution in [1.82, 2.24) is 24.8 Å². The van der Waals surface area contributed by atoms with E-state index in [4.69, 9.17) is 12.2 Å². The van der Waals surface area contributed by atoms with E-state index in [1.165, 1.54) is 11.1 Å². The van der Waals surface area contributed by atoms with E-state index in [1.54, 1.807) is 0 Å². The first-order valence-corrected chi connectivity index (χ1v) is 10.6. The second-order valence-electron chi connectivity index (χ2n) is 7.75. The Hall–Kier alpha value is -2.77. The molecule has 3 aromatic heterocycles. The summed E-state index contributed by atoms with van der Waals surface area (Å²) in [6.07, 6.45) is 4.32. The predicted octanol–water partition coefficient (Wildman–Crippen LogP) is 3.55. The van der Waals surface area contributed by atoms with Crippen LogP contribution < -0.4 is 5.32 Å². The zero-order valence-electron chi connectivity index (χ0n) is 17.5. The van der Waals surface area contributed by atoms with Crippen molar-refractivity contribution in [2.45, 2.75) is 39.3 Å². The summed E-state index contributed by atoms with van der Waals surface area (Å²) < 4.78 is 2.20. The summed E-state index contributed by atoms with van der Waals surface area (Å²) in [6, 6.07) is 12.2. The zero-order chi connectivity index (χ0) is 21.3. The van der Waals surface area contributed by atoms with Crippen molar-refractivity contribution in [3.05, 3.63) is 77.0 Å². The molecule has 6 nitrogen and oxygen atoms in total. The van der Waals surface area contributed by atoms with Crippen LogP contribution >= 0.6 is 12.2 Å². The number of aromatic nitrogens is 3. The van der Waals surface area contributed by atoms with Gasteiger partial charge in [-0.2, -0.15) is 0 Å². The Kier molecular flexibility index (Phi) is 5.83. The summed E-state index contributed by atoms with van der Waals surface area (Å²) in [5, 5.41) is 13.6. The first-order valence-electron chi connectivity index (χ1n) is 10.2. The van der Waals surface area contributed by atoms with Crippen molar-refractivity contribution in [3.8, 4) is 5.82 Å². The molecule has 0 aromatic carbocycles. The van der Waals surface area contributed by atoms with Gasteiger partial charge in [-0.25, -0.2) is 4.98 Å². The first-order chi connectivity index (χ1) is 14.5. The van der Waals surface area contributed by atoms with Gasteiger partial charge >= 0.3 is 0 Å². The van der Waals surface area contributed by atoms with Crippen LogP contribution in [0.2, 0.25) is 0 Å². The van der Waals surface area contributed by atoms with E-state index in [-0.39, 0.29) is 18.7 Å². The highest BCUT2D eigenvalue weighted by Crippen LogP contribution is 2.41. The highest BCUT2D eigenvalue weighted by molar-refractivity contribution is 7.80. The fourth-order valence-electron chi connectivity index (χ4n) is 4.31. The maximum atomic E-state index is 9.42. The Balaban J connectivity index is 1.82. The van der Waals surface area contributed by atoms with Crippen LogP contribution in [0.15, 0.2) is 48.8 Å². The van der Waals surface area contributed by atoms with Crippen LogP contribution in [0.5, 0.6) is 0 Å². The van der Waals surface area contributed by atoms with Gasteiger partial charge in [0, 0.05) is 36.9 Å². The molecule has 2 atom stereocenters. The fourth-order valence-corrected chi connectivity index (χ4v) is 4.64. The van der Waals surface area contributed by atoms with Crippen molar-refractivity contribution in [2.24, 2.45) is 0 Å². The lowest BCUT2D eigenvalue weighted by molar-refractivity contribution is 0.247. The molecule has 7 heteroatoms. The first kappa shape index (κ1) is 20.5. The van der Waals surface area contributed by atoms with E-state index in [1.807, 2.05) is 36.7 Å². The Morgan fingerprint density at radius 3 is 2.63 bits per heavy atom. The van der Waals surface area contributed by atoms with E-state index in [9.17, 15) is 5.11 Å². The highest BCUT2D eigenvalue weighted by Gasteiger charge is 2.41. The third kappa shape index (κ3) is 3.70. The number of thiocarbonyl (C=S) groups is 1. The van der Waals surface area contributed by atoms with Crippen LogP contribution in [0.1, 0.15) is 46.7 Å². The van der Waals surface area contributed by atoms with Crippen molar-refractivity contribution in [1.29, 1.82) is 0 Å². The molecule has 0 radical (unpaired) electrons. The third-order valence-corrected chi connectivity index (χ3v) is 6.03. The summed E-state index contributed by atoms with van der Waals surface area (Å²) >= 11 is 5.69. The van der Waals surface area contributed by atoms with E-state index in [2.05, 4.69) is 57.7 Å². The van der Waals surface area contributed by atoms with E-state index in [0.717, 1.165) is 22.9 Å². The normalized spacial score (nSPS) is 18.7. The molecule has 1 saturated heterocycles. The molecule has 1 aliphatic rings. The number of nitrogens with zero attached hydrogens (tertiary/aromatic N) is 4. The molecule has 4 rings (SSSR count). The molecule has 0 amide bonds. The number of pyridine rings is 2. The molecule has 0 bridgehead atoms. The Labute approximate surface area is 182 Å². The minimum Gasteiger partial charge on any atom is -0.396 e. The molecule has 0 saturated carbocycles. The minimum atomic E-state index is -0.0585. The van der Waals surface area contributed by atoms with Crippen molar-refractivity contribution in [2.75, 3.05) is 13.2 Å². The molecule has 0 spiro atoms. The zero-order valence-corrected chi connectivity index (χ0v) is 18.4. The van der Waals surface area contributed by atoms with Crippen LogP contribution in [0.4, 0.5) is 0 Å². The summed E-state index contributed by atoms with van der Waals surface area (Å²) in [6.45, 7) is 7.13. The van der Waals surface area contributed by atoms with Crippen LogP contribution in [-0.4, -0.2) is 42.8 Å². The molecule has 30 heavy (non-hydrogen) atoms. The molecule has 1 aliphatic heterocycles. The summed E-state index contributed by atoms with van der Waals surface area (Å²) in [4.78, 5) is 11.4. The molecule has 0 aliphatic carbocycles. The largest absolute Gasteiger partial charge is 0.396 e. The fraction of sp³-hybridized carbons (Fsp3) is 0.348. The number of aliphatic hydroxyl groups excluding tert-OH is 1. The van der Waals surface area contributed by atoms with Crippen LogP contribution in [-0.2, 0) is 0 Å². The number of rotatable bonds is 6. The number of aliphatic hydroxyl groups is 1.